The van der Waals surface area contributed by atoms with Crippen LogP contribution in [0.5, 0.6) is 0 Å². The number of hydrogen-bond donors (Lipinski definition) is 2. The van der Waals surface area contributed by atoms with E-state index < -0.39 is 0 Å². The van der Waals surface area contributed by atoms with E-state index in [-0.39, 0.29) is 17.0 Å². The maximum atomic E-state index is 12.2. The number of carbonyl (C=O) groups excluding carboxylic acids is 1. The van der Waals surface area contributed by atoms with Crippen molar-refractivity contribution in [1.29, 1.82) is 0 Å². The molecule has 1 aliphatic heterocycles. The maximum absolute atomic E-state index is 12.2. The van der Waals surface area contributed by atoms with Gasteiger partial charge >= 0.3 is 0 Å². The molecule has 1 aliphatic rings. The van der Waals surface area contributed by atoms with Gasteiger partial charge in [-0.05, 0) is 32.9 Å². The molecule has 0 unspecified atom stereocenters. The highest BCUT2D eigenvalue weighted by Crippen LogP contribution is 2.22. The third-order valence-electron chi connectivity index (χ3n) is 3.78. The molecule has 2 rings (SSSR count). The number of nitrogens with zero attached hydrogens (tertiary/aromatic N) is 1. The second kappa shape index (κ2) is 4.94. The molecule has 1 fully saturated rings. The van der Waals surface area contributed by atoms with Gasteiger partial charge in [-0.2, -0.15) is 0 Å². The fourth-order valence-corrected chi connectivity index (χ4v) is 2.21. The van der Waals surface area contributed by atoms with Crippen LogP contribution in [0.15, 0.2) is 23.1 Å². The van der Waals surface area contributed by atoms with Crippen molar-refractivity contribution in [1.82, 2.24) is 15.2 Å². The van der Waals surface area contributed by atoms with Gasteiger partial charge in [0.2, 0.25) is 5.56 Å². The molecule has 1 aromatic rings. The average Bonchev–Trinajstić information content (AvgIpc) is 2.39. The zero-order valence-electron chi connectivity index (χ0n) is 10.8. The van der Waals surface area contributed by atoms with E-state index in [1.165, 1.54) is 12.3 Å². The molecule has 2 heterocycles. The summed E-state index contributed by atoms with van der Waals surface area (Å²) in [5.74, 6) is -0.0562. The first kappa shape index (κ1) is 12.8. The Morgan fingerprint density at radius 1 is 1.44 bits per heavy atom. The molecule has 0 radical (unpaired) electrons. The first-order valence-electron chi connectivity index (χ1n) is 6.21. The minimum absolute atomic E-state index is 0.0562. The van der Waals surface area contributed by atoms with Crippen molar-refractivity contribution < 1.29 is 4.79 Å². The topological polar surface area (TPSA) is 65.2 Å². The number of rotatable bonds is 2. The molecule has 5 heteroatoms. The van der Waals surface area contributed by atoms with E-state index in [0.717, 1.165) is 25.9 Å². The molecule has 0 spiro atoms. The molecular formula is C13H19N3O2. The van der Waals surface area contributed by atoms with Crippen LogP contribution in [0.2, 0.25) is 0 Å². The Hall–Kier alpha value is -1.62. The Kier molecular flexibility index (Phi) is 3.52. The van der Waals surface area contributed by atoms with Crippen molar-refractivity contribution in [2.75, 3.05) is 20.1 Å². The van der Waals surface area contributed by atoms with E-state index >= 15 is 0 Å². The van der Waals surface area contributed by atoms with Crippen molar-refractivity contribution >= 4 is 5.91 Å². The van der Waals surface area contributed by atoms with Crippen LogP contribution in [0.25, 0.3) is 0 Å². The van der Waals surface area contributed by atoms with E-state index in [1.807, 2.05) is 11.9 Å². The number of nitrogens with one attached hydrogen (secondary N) is 2. The Labute approximate surface area is 106 Å². The predicted molar refractivity (Wildman–Crippen MR) is 69.7 cm³/mol. The van der Waals surface area contributed by atoms with Crippen molar-refractivity contribution in [3.63, 3.8) is 0 Å². The van der Waals surface area contributed by atoms with Crippen LogP contribution >= 0.6 is 0 Å². The third-order valence-corrected chi connectivity index (χ3v) is 3.78. The van der Waals surface area contributed by atoms with Gasteiger partial charge in [-0.3, -0.25) is 9.59 Å². The molecule has 98 valence electrons. The van der Waals surface area contributed by atoms with Gasteiger partial charge in [0.25, 0.3) is 5.91 Å². The Morgan fingerprint density at radius 2 is 2.11 bits per heavy atom. The lowest BCUT2D eigenvalue weighted by molar-refractivity contribution is 0.0661. The Morgan fingerprint density at radius 3 is 2.67 bits per heavy atom. The number of amides is 1. The molecule has 0 aromatic carbocycles. The Balaban J connectivity index is 2.06. The summed E-state index contributed by atoms with van der Waals surface area (Å²) >= 11 is 0. The summed E-state index contributed by atoms with van der Waals surface area (Å²) in [7, 11) is 1.95. The minimum atomic E-state index is -0.238. The maximum Gasteiger partial charge on any atom is 0.254 e. The molecule has 1 aromatic heterocycles. The summed E-state index contributed by atoms with van der Waals surface area (Å²) in [4.78, 5) is 27.7. The summed E-state index contributed by atoms with van der Waals surface area (Å²) < 4.78 is 0. The van der Waals surface area contributed by atoms with Crippen molar-refractivity contribution in [2.45, 2.75) is 25.3 Å². The van der Waals surface area contributed by atoms with Gasteiger partial charge < -0.3 is 15.2 Å². The highest BCUT2D eigenvalue weighted by Gasteiger charge is 2.30. The van der Waals surface area contributed by atoms with Crippen molar-refractivity contribution in [3.05, 3.63) is 34.2 Å². The van der Waals surface area contributed by atoms with E-state index in [4.69, 9.17) is 0 Å². The van der Waals surface area contributed by atoms with Gasteiger partial charge in [0.1, 0.15) is 0 Å². The number of pyridine rings is 1. The number of aromatic nitrogens is 1. The molecule has 1 saturated heterocycles. The largest absolute Gasteiger partial charge is 0.339 e. The molecule has 0 saturated carbocycles. The van der Waals surface area contributed by atoms with Crippen LogP contribution in [0.3, 0.4) is 0 Å². The summed E-state index contributed by atoms with van der Waals surface area (Å²) in [5.41, 5.74) is 0.343. The van der Waals surface area contributed by atoms with E-state index in [0.29, 0.717) is 5.56 Å². The van der Waals surface area contributed by atoms with Gasteiger partial charge in [0.05, 0.1) is 0 Å². The van der Waals surface area contributed by atoms with Gasteiger partial charge in [0.15, 0.2) is 0 Å². The number of carbonyl (C=O) groups is 1. The fourth-order valence-electron chi connectivity index (χ4n) is 2.21. The molecular weight excluding hydrogens is 230 g/mol. The first-order chi connectivity index (χ1) is 8.54. The van der Waals surface area contributed by atoms with Crippen molar-refractivity contribution in [3.8, 4) is 0 Å². The minimum Gasteiger partial charge on any atom is -0.339 e. The lowest BCUT2D eigenvalue weighted by Crippen LogP contribution is -2.51. The van der Waals surface area contributed by atoms with Crippen LogP contribution < -0.4 is 10.9 Å². The number of piperidine rings is 1. The summed E-state index contributed by atoms with van der Waals surface area (Å²) in [6.45, 7) is 3.62. The molecule has 0 atom stereocenters. The number of likely N-dealkylation sites (tertiary alicyclic amines) is 1. The molecule has 5 nitrogen and oxygen atoms in total. The first-order valence-corrected chi connectivity index (χ1v) is 6.21. The second-order valence-electron chi connectivity index (χ2n) is 5.04. The summed E-state index contributed by atoms with van der Waals surface area (Å²) in [5, 5.41) is 3.30. The molecule has 1 amide bonds. The second-order valence-corrected chi connectivity index (χ2v) is 5.04. The smallest absolute Gasteiger partial charge is 0.254 e. The summed E-state index contributed by atoms with van der Waals surface area (Å²) in [6.07, 6.45) is 3.37. The van der Waals surface area contributed by atoms with Crippen LogP contribution in [0, 0.1) is 0 Å². The van der Waals surface area contributed by atoms with Crippen LogP contribution in [0.4, 0.5) is 0 Å². The highest BCUT2D eigenvalue weighted by molar-refractivity contribution is 5.94. The van der Waals surface area contributed by atoms with Crippen LogP contribution in [-0.4, -0.2) is 41.5 Å². The zero-order valence-corrected chi connectivity index (χ0v) is 10.8. The van der Waals surface area contributed by atoms with E-state index in [2.05, 4.69) is 17.2 Å². The quantitative estimate of drug-likeness (QED) is 0.806. The van der Waals surface area contributed by atoms with Gasteiger partial charge in [-0.15, -0.1) is 0 Å². The number of hydrogen-bond acceptors (Lipinski definition) is 3. The monoisotopic (exact) mass is 249 g/mol. The SMILES string of the molecule is CNC1(C)CCN(C(=O)c2cc[nH]c(=O)c2)CC1. The number of aromatic amines is 1. The van der Waals surface area contributed by atoms with Crippen molar-refractivity contribution in [2.24, 2.45) is 0 Å². The average molecular weight is 249 g/mol. The Bertz CT molecular complexity index is 487. The standard InChI is InChI=1S/C13H19N3O2/c1-13(14-2)4-7-16(8-5-13)12(18)10-3-6-15-11(17)9-10/h3,6,9,14H,4-5,7-8H2,1-2H3,(H,15,17). The molecule has 0 bridgehead atoms. The summed E-state index contributed by atoms with van der Waals surface area (Å²) in [6, 6.07) is 3.00. The third kappa shape index (κ3) is 2.61. The fraction of sp³-hybridized carbons (Fsp3) is 0.538. The van der Waals surface area contributed by atoms with Gasteiger partial charge in [-0.1, -0.05) is 0 Å². The van der Waals surface area contributed by atoms with Gasteiger partial charge in [0, 0.05) is 36.5 Å². The lowest BCUT2D eigenvalue weighted by Gasteiger charge is -2.39. The van der Waals surface area contributed by atoms with Gasteiger partial charge in [-0.25, -0.2) is 0 Å². The molecule has 18 heavy (non-hydrogen) atoms. The predicted octanol–water partition coefficient (Wildman–Crippen LogP) is 0.589. The van der Waals surface area contributed by atoms with Crippen LogP contribution in [0.1, 0.15) is 30.1 Å². The molecule has 0 aliphatic carbocycles. The lowest BCUT2D eigenvalue weighted by atomic mass is 9.89. The van der Waals surface area contributed by atoms with E-state index in [1.54, 1.807) is 6.07 Å². The normalized spacial score (nSPS) is 18.7. The van der Waals surface area contributed by atoms with Crippen LogP contribution in [-0.2, 0) is 0 Å². The number of H-pyrrole nitrogens is 1. The molecule has 2 N–H and O–H groups in total. The van der Waals surface area contributed by atoms with E-state index in [9.17, 15) is 9.59 Å². The zero-order chi connectivity index (χ0) is 13.2. The highest BCUT2D eigenvalue weighted by atomic mass is 16.2.